The van der Waals surface area contributed by atoms with Crippen LogP contribution in [0.2, 0.25) is 0 Å². The molecule has 0 aromatic rings. The quantitative estimate of drug-likeness (QED) is 0.836. The maximum Gasteiger partial charge on any atom is 0.410 e. The van der Waals surface area contributed by atoms with Gasteiger partial charge in [0.2, 0.25) is 0 Å². The molecular weight excluding hydrogens is 276 g/mol. The lowest BCUT2D eigenvalue weighted by Crippen LogP contribution is -2.45. The molecule has 0 radical (unpaired) electrons. The highest BCUT2D eigenvalue weighted by Gasteiger charge is 2.30. The summed E-state index contributed by atoms with van der Waals surface area (Å²) in [6, 6.07) is 0.785. The number of nitrogens with zero attached hydrogens (tertiary/aromatic N) is 1. The van der Waals surface area contributed by atoms with E-state index in [4.69, 9.17) is 4.74 Å². The van der Waals surface area contributed by atoms with Crippen LogP contribution in [0.5, 0.6) is 0 Å². The Labute approximate surface area is 136 Å². The Morgan fingerprint density at radius 3 is 2.59 bits per heavy atom. The van der Waals surface area contributed by atoms with Gasteiger partial charge < -0.3 is 15.0 Å². The van der Waals surface area contributed by atoms with Crippen LogP contribution < -0.4 is 5.32 Å². The van der Waals surface area contributed by atoms with E-state index in [-0.39, 0.29) is 6.09 Å². The molecule has 1 saturated heterocycles. The lowest BCUT2D eigenvalue weighted by molar-refractivity contribution is 0.0150. The molecule has 0 aromatic heterocycles. The maximum absolute atomic E-state index is 12.5. The lowest BCUT2D eigenvalue weighted by Gasteiger charge is -2.33. The summed E-state index contributed by atoms with van der Waals surface area (Å²) in [4.78, 5) is 14.5. The van der Waals surface area contributed by atoms with E-state index in [9.17, 15) is 4.79 Å². The van der Waals surface area contributed by atoms with Crippen LogP contribution >= 0.6 is 0 Å². The average molecular weight is 310 g/mol. The molecule has 128 valence electrons. The molecule has 1 saturated carbocycles. The number of rotatable bonds is 5. The molecule has 1 N–H and O–H groups in total. The summed E-state index contributed by atoms with van der Waals surface area (Å²) in [5.74, 6) is 0.901. The van der Waals surface area contributed by atoms with Gasteiger partial charge in [-0.05, 0) is 72.3 Å². The largest absolute Gasteiger partial charge is 0.444 e. The van der Waals surface area contributed by atoms with Gasteiger partial charge >= 0.3 is 6.09 Å². The highest BCUT2D eigenvalue weighted by atomic mass is 16.6. The minimum Gasteiger partial charge on any atom is -0.444 e. The molecule has 1 aliphatic carbocycles. The van der Waals surface area contributed by atoms with Crippen LogP contribution in [0.3, 0.4) is 0 Å². The van der Waals surface area contributed by atoms with Crippen molar-refractivity contribution in [3.05, 3.63) is 0 Å². The number of hydrogen-bond acceptors (Lipinski definition) is 3. The van der Waals surface area contributed by atoms with Crippen LogP contribution in [-0.4, -0.2) is 41.8 Å². The van der Waals surface area contributed by atoms with E-state index in [1.807, 2.05) is 25.7 Å². The molecule has 4 nitrogen and oxygen atoms in total. The van der Waals surface area contributed by atoms with Gasteiger partial charge in [0.25, 0.3) is 0 Å². The van der Waals surface area contributed by atoms with Crippen LogP contribution in [-0.2, 0) is 4.74 Å². The summed E-state index contributed by atoms with van der Waals surface area (Å²) < 4.78 is 5.62. The summed E-state index contributed by atoms with van der Waals surface area (Å²) in [5, 5.41) is 3.64. The number of carbonyl (C=O) groups excluding carboxylic acids is 1. The Balaban J connectivity index is 1.89. The standard InChI is InChI=1S/C18H34N2O2/c1-14(19-13-15-9-10-15)12-16-8-6-5-7-11-20(16)17(21)22-18(2,3)4/h14-16,19H,5-13H2,1-4H3. The Kier molecular flexibility index (Phi) is 6.13. The molecule has 2 atom stereocenters. The number of ether oxygens (including phenoxy) is 1. The third-order valence-electron chi connectivity index (χ3n) is 4.58. The zero-order chi connectivity index (χ0) is 16.2. The minimum atomic E-state index is -0.413. The number of amides is 1. The van der Waals surface area contributed by atoms with Gasteiger partial charge in [0.1, 0.15) is 5.60 Å². The van der Waals surface area contributed by atoms with Gasteiger partial charge in [0.05, 0.1) is 0 Å². The van der Waals surface area contributed by atoms with Crippen molar-refractivity contribution >= 4 is 6.09 Å². The van der Waals surface area contributed by atoms with Crippen molar-refractivity contribution in [3.63, 3.8) is 0 Å². The maximum atomic E-state index is 12.5. The molecule has 1 heterocycles. The summed E-state index contributed by atoms with van der Waals surface area (Å²) >= 11 is 0. The third kappa shape index (κ3) is 6.15. The first-order valence-corrected chi connectivity index (χ1v) is 9.08. The molecule has 22 heavy (non-hydrogen) atoms. The van der Waals surface area contributed by atoms with Gasteiger partial charge in [0.15, 0.2) is 0 Å². The Morgan fingerprint density at radius 1 is 1.23 bits per heavy atom. The number of carbonyl (C=O) groups is 1. The summed E-state index contributed by atoms with van der Waals surface area (Å²) in [6.45, 7) is 10.1. The van der Waals surface area contributed by atoms with Crippen molar-refractivity contribution in [1.29, 1.82) is 0 Å². The molecule has 2 aliphatic rings. The van der Waals surface area contributed by atoms with Crippen molar-refractivity contribution < 1.29 is 9.53 Å². The molecule has 1 aliphatic heterocycles. The SMILES string of the molecule is CC(CC1CCCCCN1C(=O)OC(C)(C)C)NCC1CC1. The molecule has 0 spiro atoms. The zero-order valence-corrected chi connectivity index (χ0v) is 14.9. The molecule has 2 rings (SSSR count). The number of hydrogen-bond donors (Lipinski definition) is 1. The smallest absolute Gasteiger partial charge is 0.410 e. The number of likely N-dealkylation sites (tertiary alicyclic amines) is 1. The number of nitrogens with one attached hydrogen (secondary N) is 1. The van der Waals surface area contributed by atoms with Crippen LogP contribution in [0.1, 0.15) is 72.6 Å². The first-order chi connectivity index (χ1) is 10.3. The second-order valence-electron chi connectivity index (χ2n) is 8.17. The zero-order valence-electron chi connectivity index (χ0n) is 14.9. The van der Waals surface area contributed by atoms with Gasteiger partial charge in [-0.15, -0.1) is 0 Å². The molecule has 0 bridgehead atoms. The fourth-order valence-electron chi connectivity index (χ4n) is 3.16. The molecule has 4 heteroatoms. The minimum absolute atomic E-state index is 0.131. The molecular formula is C18H34N2O2. The second kappa shape index (κ2) is 7.67. The molecule has 2 unspecified atom stereocenters. The van der Waals surface area contributed by atoms with Gasteiger partial charge in [-0.2, -0.15) is 0 Å². The van der Waals surface area contributed by atoms with Gasteiger partial charge in [-0.3, -0.25) is 0 Å². The fraction of sp³-hybridized carbons (Fsp3) is 0.944. The average Bonchev–Trinajstić information content (AvgIpc) is 3.21. The second-order valence-corrected chi connectivity index (χ2v) is 8.17. The van der Waals surface area contributed by atoms with E-state index >= 15 is 0 Å². The van der Waals surface area contributed by atoms with E-state index in [1.165, 1.54) is 25.7 Å². The fourth-order valence-corrected chi connectivity index (χ4v) is 3.16. The van der Waals surface area contributed by atoms with Crippen molar-refractivity contribution in [1.82, 2.24) is 10.2 Å². The van der Waals surface area contributed by atoms with Crippen LogP contribution in [0, 0.1) is 5.92 Å². The van der Waals surface area contributed by atoms with Crippen LogP contribution in [0.15, 0.2) is 0 Å². The van der Waals surface area contributed by atoms with E-state index in [0.29, 0.717) is 12.1 Å². The van der Waals surface area contributed by atoms with Gasteiger partial charge in [0, 0.05) is 18.6 Å². The summed E-state index contributed by atoms with van der Waals surface area (Å²) in [6.07, 6.45) is 8.31. The highest BCUT2D eigenvalue weighted by Crippen LogP contribution is 2.28. The van der Waals surface area contributed by atoms with Gasteiger partial charge in [-0.25, -0.2) is 4.79 Å². The Morgan fingerprint density at radius 2 is 1.95 bits per heavy atom. The molecule has 0 aromatic carbocycles. The van der Waals surface area contributed by atoms with E-state index in [2.05, 4.69) is 12.2 Å². The molecule has 1 amide bonds. The Hall–Kier alpha value is -0.770. The Bertz CT molecular complexity index is 361. The van der Waals surface area contributed by atoms with Crippen molar-refractivity contribution in [2.24, 2.45) is 5.92 Å². The van der Waals surface area contributed by atoms with Gasteiger partial charge in [-0.1, -0.05) is 12.8 Å². The van der Waals surface area contributed by atoms with E-state index in [1.54, 1.807) is 0 Å². The predicted octanol–water partition coefficient (Wildman–Crippen LogP) is 3.94. The summed E-state index contributed by atoms with van der Waals surface area (Å²) in [7, 11) is 0. The normalized spacial score (nSPS) is 24.7. The van der Waals surface area contributed by atoms with E-state index < -0.39 is 5.60 Å². The van der Waals surface area contributed by atoms with Crippen LogP contribution in [0.4, 0.5) is 4.79 Å². The van der Waals surface area contributed by atoms with Crippen molar-refractivity contribution in [2.75, 3.05) is 13.1 Å². The first kappa shape index (κ1) is 17.6. The third-order valence-corrected chi connectivity index (χ3v) is 4.58. The predicted molar refractivity (Wildman–Crippen MR) is 90.0 cm³/mol. The van der Waals surface area contributed by atoms with Crippen LogP contribution in [0.25, 0.3) is 0 Å². The topological polar surface area (TPSA) is 41.6 Å². The lowest BCUT2D eigenvalue weighted by atomic mass is 10.0. The summed E-state index contributed by atoms with van der Waals surface area (Å²) in [5.41, 5.74) is -0.413. The van der Waals surface area contributed by atoms with E-state index in [0.717, 1.165) is 38.3 Å². The van der Waals surface area contributed by atoms with Crippen molar-refractivity contribution in [2.45, 2.75) is 90.3 Å². The monoisotopic (exact) mass is 310 g/mol. The highest BCUT2D eigenvalue weighted by molar-refractivity contribution is 5.68. The molecule has 2 fully saturated rings. The first-order valence-electron chi connectivity index (χ1n) is 9.08. The van der Waals surface area contributed by atoms with Crippen molar-refractivity contribution in [3.8, 4) is 0 Å².